The Kier molecular flexibility index (Phi) is 3.50. The summed E-state index contributed by atoms with van der Waals surface area (Å²) in [6, 6.07) is -0.650. The Morgan fingerprint density at radius 1 is 1.38 bits per heavy atom. The first-order valence-corrected chi connectivity index (χ1v) is 3.91. The van der Waals surface area contributed by atoms with E-state index in [4.69, 9.17) is 5.73 Å². The van der Waals surface area contributed by atoms with Gasteiger partial charge in [0.2, 0.25) is 0 Å². The number of hydrazone groups is 1. The number of amides is 2. The first kappa shape index (κ1) is 9.25. The smallest absolute Gasteiger partial charge is 0.332 e. The fourth-order valence-corrected chi connectivity index (χ4v) is 0.840. The van der Waals surface area contributed by atoms with E-state index in [9.17, 15) is 4.79 Å². The Morgan fingerprint density at radius 2 is 2.15 bits per heavy atom. The molecule has 0 aromatic carbocycles. The first-order chi connectivity index (χ1) is 6.29. The number of primary amides is 1. The monoisotopic (exact) mass is 177 g/mol. The van der Waals surface area contributed by atoms with Crippen molar-refractivity contribution < 1.29 is 4.79 Å². The van der Waals surface area contributed by atoms with Gasteiger partial charge in [-0.3, -0.25) is 0 Å². The second-order valence-electron chi connectivity index (χ2n) is 2.46. The molecule has 4 nitrogen and oxygen atoms in total. The van der Waals surface area contributed by atoms with E-state index in [1.807, 2.05) is 36.5 Å². The molecule has 0 saturated heterocycles. The highest BCUT2D eigenvalue weighted by Gasteiger charge is 1.93. The minimum absolute atomic E-state index is 0.650. The van der Waals surface area contributed by atoms with Crippen LogP contribution in [0.3, 0.4) is 0 Å². The summed E-state index contributed by atoms with van der Waals surface area (Å²) >= 11 is 0. The van der Waals surface area contributed by atoms with Crippen molar-refractivity contribution in [1.82, 2.24) is 5.43 Å². The molecule has 4 heteroatoms. The normalized spacial score (nSPS) is 25.7. The lowest BCUT2D eigenvalue weighted by Crippen LogP contribution is -2.25. The lowest BCUT2D eigenvalue weighted by atomic mass is 10.2. The van der Waals surface area contributed by atoms with Crippen LogP contribution in [0.25, 0.3) is 0 Å². The summed E-state index contributed by atoms with van der Waals surface area (Å²) in [6.45, 7) is 0. The molecule has 1 aliphatic rings. The third-order valence-corrected chi connectivity index (χ3v) is 1.39. The molecule has 0 saturated carbocycles. The second-order valence-corrected chi connectivity index (χ2v) is 2.46. The number of carbonyl (C=O) groups excluding carboxylic acids is 1. The quantitative estimate of drug-likeness (QED) is 0.578. The summed E-state index contributed by atoms with van der Waals surface area (Å²) in [7, 11) is 0. The third kappa shape index (κ3) is 3.91. The van der Waals surface area contributed by atoms with Gasteiger partial charge >= 0.3 is 6.03 Å². The summed E-state index contributed by atoms with van der Waals surface area (Å²) in [5.41, 5.74) is 7.81. The van der Waals surface area contributed by atoms with Crippen LogP contribution in [0.5, 0.6) is 0 Å². The molecule has 0 spiro atoms. The summed E-state index contributed by atoms with van der Waals surface area (Å²) in [5.74, 6) is 0. The molecule has 0 heterocycles. The molecule has 0 aliphatic heterocycles. The highest BCUT2D eigenvalue weighted by Crippen LogP contribution is 1.96. The van der Waals surface area contributed by atoms with Crippen LogP contribution in [-0.2, 0) is 0 Å². The summed E-state index contributed by atoms with van der Waals surface area (Å²) < 4.78 is 0. The van der Waals surface area contributed by atoms with Gasteiger partial charge in [0.05, 0.1) is 5.71 Å². The molecule has 13 heavy (non-hydrogen) atoms. The molecular formula is C9H11N3O. The van der Waals surface area contributed by atoms with Gasteiger partial charge < -0.3 is 5.73 Å². The molecule has 0 aromatic rings. The van der Waals surface area contributed by atoms with E-state index in [2.05, 4.69) is 10.5 Å². The minimum Gasteiger partial charge on any atom is -0.350 e. The fourth-order valence-electron chi connectivity index (χ4n) is 0.840. The Morgan fingerprint density at radius 3 is 2.92 bits per heavy atom. The molecule has 0 fully saturated rings. The molecule has 0 aromatic heterocycles. The summed E-state index contributed by atoms with van der Waals surface area (Å²) in [6.07, 6.45) is 12.0. The van der Waals surface area contributed by atoms with E-state index in [1.165, 1.54) is 0 Å². The zero-order chi connectivity index (χ0) is 9.52. The Labute approximate surface area is 76.5 Å². The number of nitrogens with two attached hydrogens (primary N) is 1. The maximum Gasteiger partial charge on any atom is 0.332 e. The van der Waals surface area contributed by atoms with Crippen molar-refractivity contribution >= 4 is 11.7 Å². The van der Waals surface area contributed by atoms with Crippen molar-refractivity contribution in [1.29, 1.82) is 0 Å². The second kappa shape index (κ2) is 4.92. The van der Waals surface area contributed by atoms with Crippen molar-refractivity contribution in [2.45, 2.75) is 6.42 Å². The topological polar surface area (TPSA) is 67.5 Å². The van der Waals surface area contributed by atoms with Gasteiger partial charge in [0.25, 0.3) is 0 Å². The van der Waals surface area contributed by atoms with Crippen molar-refractivity contribution in [2.24, 2.45) is 10.8 Å². The Balaban J connectivity index is 2.63. The van der Waals surface area contributed by atoms with Gasteiger partial charge in [0, 0.05) is 6.42 Å². The predicted octanol–water partition coefficient (Wildman–Crippen LogP) is 1.08. The average molecular weight is 177 g/mol. The van der Waals surface area contributed by atoms with E-state index < -0.39 is 6.03 Å². The predicted molar refractivity (Wildman–Crippen MR) is 52.2 cm³/mol. The molecule has 0 bridgehead atoms. The fraction of sp³-hybridized carbons (Fsp3) is 0.111. The number of hydrogen-bond acceptors (Lipinski definition) is 2. The molecule has 2 amide bonds. The average Bonchev–Trinajstić information content (AvgIpc) is 2.01. The Bertz CT molecular complexity index is 300. The van der Waals surface area contributed by atoms with Gasteiger partial charge in [-0.1, -0.05) is 30.4 Å². The van der Waals surface area contributed by atoms with Gasteiger partial charge in [0.1, 0.15) is 0 Å². The first-order valence-electron chi connectivity index (χ1n) is 3.91. The standard InChI is InChI=1S/C9H11N3O/c10-9(13)12-11-8-6-4-2-1-3-5-7-8/h1-6H,7H2,(H3,10,12,13)/b2-1-,5-3-,6-4-,11-8-. The van der Waals surface area contributed by atoms with Crippen LogP contribution in [-0.4, -0.2) is 11.7 Å². The van der Waals surface area contributed by atoms with Crippen LogP contribution in [0.2, 0.25) is 0 Å². The van der Waals surface area contributed by atoms with Gasteiger partial charge in [-0.25, -0.2) is 10.2 Å². The highest BCUT2D eigenvalue weighted by molar-refractivity contribution is 5.96. The SMILES string of the molecule is NC(=O)N/N=C1/C=C\C=C/C=C\C1. The van der Waals surface area contributed by atoms with E-state index in [-0.39, 0.29) is 0 Å². The van der Waals surface area contributed by atoms with Crippen molar-refractivity contribution in [2.75, 3.05) is 0 Å². The highest BCUT2D eigenvalue weighted by atomic mass is 16.2. The third-order valence-electron chi connectivity index (χ3n) is 1.39. The number of carbonyl (C=O) groups is 1. The Hall–Kier alpha value is -1.84. The summed E-state index contributed by atoms with van der Waals surface area (Å²) in [4.78, 5) is 10.3. The van der Waals surface area contributed by atoms with Crippen LogP contribution in [0.15, 0.2) is 41.6 Å². The lowest BCUT2D eigenvalue weighted by molar-refractivity contribution is 0.249. The zero-order valence-corrected chi connectivity index (χ0v) is 7.10. The molecule has 0 unspecified atom stereocenters. The maximum atomic E-state index is 10.3. The molecule has 3 N–H and O–H groups in total. The molecule has 0 atom stereocenters. The van der Waals surface area contributed by atoms with Crippen LogP contribution < -0.4 is 11.2 Å². The molecule has 1 aliphatic carbocycles. The van der Waals surface area contributed by atoms with Crippen LogP contribution in [0.1, 0.15) is 6.42 Å². The van der Waals surface area contributed by atoms with Gasteiger partial charge in [-0.05, 0) is 6.08 Å². The molecule has 0 radical (unpaired) electrons. The number of hydrogen-bond donors (Lipinski definition) is 2. The minimum atomic E-state index is -0.650. The van der Waals surface area contributed by atoms with E-state index in [1.54, 1.807) is 0 Å². The molecule has 1 rings (SSSR count). The number of rotatable bonds is 1. The van der Waals surface area contributed by atoms with Crippen LogP contribution in [0, 0.1) is 0 Å². The number of allylic oxidation sites excluding steroid dienone is 6. The largest absolute Gasteiger partial charge is 0.350 e. The van der Waals surface area contributed by atoms with Crippen LogP contribution in [0.4, 0.5) is 4.79 Å². The maximum absolute atomic E-state index is 10.3. The lowest BCUT2D eigenvalue weighted by Gasteiger charge is -1.98. The van der Waals surface area contributed by atoms with E-state index >= 15 is 0 Å². The zero-order valence-electron chi connectivity index (χ0n) is 7.10. The van der Waals surface area contributed by atoms with E-state index in [0.29, 0.717) is 6.42 Å². The van der Waals surface area contributed by atoms with Crippen molar-refractivity contribution in [3.05, 3.63) is 36.5 Å². The van der Waals surface area contributed by atoms with Gasteiger partial charge in [-0.15, -0.1) is 0 Å². The summed E-state index contributed by atoms with van der Waals surface area (Å²) in [5, 5.41) is 3.80. The molecule has 68 valence electrons. The number of nitrogens with zero attached hydrogens (tertiary/aromatic N) is 1. The van der Waals surface area contributed by atoms with Gasteiger partial charge in [-0.2, -0.15) is 5.10 Å². The number of urea groups is 1. The van der Waals surface area contributed by atoms with Crippen molar-refractivity contribution in [3.63, 3.8) is 0 Å². The number of nitrogens with one attached hydrogen (secondary N) is 1. The van der Waals surface area contributed by atoms with Crippen molar-refractivity contribution in [3.8, 4) is 0 Å². The van der Waals surface area contributed by atoms with Crippen LogP contribution >= 0.6 is 0 Å². The van der Waals surface area contributed by atoms with E-state index in [0.717, 1.165) is 5.71 Å². The van der Waals surface area contributed by atoms with Gasteiger partial charge in [0.15, 0.2) is 0 Å². The molecular weight excluding hydrogens is 166 g/mol.